The van der Waals surface area contributed by atoms with Crippen molar-refractivity contribution < 1.29 is 0 Å². The van der Waals surface area contributed by atoms with Gasteiger partial charge in [0.15, 0.2) is 0 Å². The Hall–Kier alpha value is -0.0800. The number of hydrogen-bond acceptors (Lipinski definition) is 2. The fraction of sp³-hybridized carbons (Fsp3) is 1.00. The monoisotopic (exact) mass is 198 g/mol. The number of piperidine rings is 1. The zero-order valence-corrected chi connectivity index (χ0v) is 9.81. The molecular formula is C12H26N2. The molecule has 0 radical (unpaired) electrons. The van der Waals surface area contributed by atoms with Crippen molar-refractivity contribution in [1.82, 2.24) is 10.6 Å². The van der Waals surface area contributed by atoms with Crippen LogP contribution in [-0.2, 0) is 0 Å². The topological polar surface area (TPSA) is 24.1 Å². The minimum Gasteiger partial charge on any atom is -0.317 e. The van der Waals surface area contributed by atoms with Gasteiger partial charge < -0.3 is 10.6 Å². The lowest BCUT2D eigenvalue weighted by molar-refractivity contribution is 0.266. The maximum absolute atomic E-state index is 3.50. The first-order valence-electron chi connectivity index (χ1n) is 6.26. The molecule has 0 bridgehead atoms. The lowest BCUT2D eigenvalue weighted by Gasteiger charge is -2.28. The summed E-state index contributed by atoms with van der Waals surface area (Å²) in [5, 5.41) is 6.98. The van der Waals surface area contributed by atoms with Gasteiger partial charge in [-0.05, 0) is 63.7 Å². The van der Waals surface area contributed by atoms with Gasteiger partial charge in [0.25, 0.3) is 0 Å². The molecular weight excluding hydrogens is 172 g/mol. The molecule has 2 nitrogen and oxygen atoms in total. The molecule has 0 spiro atoms. The van der Waals surface area contributed by atoms with Crippen LogP contribution in [0.25, 0.3) is 0 Å². The van der Waals surface area contributed by atoms with Crippen LogP contribution in [0.2, 0.25) is 0 Å². The molecule has 1 saturated heterocycles. The Morgan fingerprint density at radius 3 is 2.93 bits per heavy atom. The number of rotatable bonds is 6. The fourth-order valence-electron chi connectivity index (χ4n) is 2.23. The van der Waals surface area contributed by atoms with E-state index in [0.29, 0.717) is 0 Å². The molecule has 0 aliphatic carbocycles. The second-order valence-electron chi connectivity index (χ2n) is 4.62. The van der Waals surface area contributed by atoms with E-state index in [1.165, 1.54) is 51.9 Å². The average molecular weight is 198 g/mol. The third-order valence-corrected chi connectivity index (χ3v) is 3.34. The van der Waals surface area contributed by atoms with Gasteiger partial charge in [0.1, 0.15) is 0 Å². The second-order valence-corrected chi connectivity index (χ2v) is 4.62. The van der Waals surface area contributed by atoms with Crippen molar-refractivity contribution in [2.45, 2.75) is 39.5 Å². The lowest BCUT2D eigenvalue weighted by atomic mass is 9.85. The van der Waals surface area contributed by atoms with Crippen LogP contribution in [0.15, 0.2) is 0 Å². The van der Waals surface area contributed by atoms with Crippen LogP contribution in [0.5, 0.6) is 0 Å². The van der Waals surface area contributed by atoms with E-state index < -0.39 is 0 Å². The maximum Gasteiger partial charge on any atom is -0.00180 e. The number of nitrogens with one attached hydrogen (secondary N) is 2. The van der Waals surface area contributed by atoms with Crippen LogP contribution < -0.4 is 10.6 Å². The number of hydrogen-bond donors (Lipinski definition) is 2. The van der Waals surface area contributed by atoms with E-state index in [-0.39, 0.29) is 0 Å². The highest BCUT2D eigenvalue weighted by molar-refractivity contribution is 4.74. The summed E-state index contributed by atoms with van der Waals surface area (Å²) < 4.78 is 0. The highest BCUT2D eigenvalue weighted by atomic mass is 14.9. The summed E-state index contributed by atoms with van der Waals surface area (Å²) in [5.74, 6) is 1.80. The van der Waals surface area contributed by atoms with Gasteiger partial charge in [0.2, 0.25) is 0 Å². The highest BCUT2D eigenvalue weighted by Gasteiger charge is 2.18. The quantitative estimate of drug-likeness (QED) is 0.638. The molecule has 0 amide bonds. The van der Waals surface area contributed by atoms with Crippen LogP contribution >= 0.6 is 0 Å². The van der Waals surface area contributed by atoms with Crippen LogP contribution in [0.3, 0.4) is 0 Å². The Bertz CT molecular complexity index is 130. The summed E-state index contributed by atoms with van der Waals surface area (Å²) >= 11 is 0. The Kier molecular flexibility index (Phi) is 6.20. The summed E-state index contributed by atoms with van der Waals surface area (Å²) in [7, 11) is 0. The largest absolute Gasteiger partial charge is 0.317 e. The zero-order chi connectivity index (χ0) is 10.2. The van der Waals surface area contributed by atoms with Crippen molar-refractivity contribution >= 4 is 0 Å². The van der Waals surface area contributed by atoms with Gasteiger partial charge in [-0.1, -0.05) is 13.8 Å². The Labute approximate surface area is 88.8 Å². The Balaban J connectivity index is 2.04. The predicted octanol–water partition coefficient (Wildman–Crippen LogP) is 2.01. The molecule has 2 heteroatoms. The molecule has 2 N–H and O–H groups in total. The van der Waals surface area contributed by atoms with Crippen molar-refractivity contribution in [3.63, 3.8) is 0 Å². The van der Waals surface area contributed by atoms with Gasteiger partial charge in [-0.2, -0.15) is 0 Å². The van der Waals surface area contributed by atoms with Gasteiger partial charge >= 0.3 is 0 Å². The summed E-state index contributed by atoms with van der Waals surface area (Å²) in [5.41, 5.74) is 0. The average Bonchev–Trinajstić information content (AvgIpc) is 2.25. The molecule has 1 heterocycles. The summed E-state index contributed by atoms with van der Waals surface area (Å²) in [6.07, 6.45) is 5.39. The standard InChI is InChI=1S/C12H26N2/c1-3-7-13-9-6-11(2)12-5-4-8-14-10-12/h11-14H,3-10H2,1-2H3. The minimum absolute atomic E-state index is 0.882. The smallest absolute Gasteiger partial charge is 0.00180 e. The van der Waals surface area contributed by atoms with E-state index in [0.717, 1.165) is 11.8 Å². The predicted molar refractivity (Wildman–Crippen MR) is 62.5 cm³/mol. The van der Waals surface area contributed by atoms with Crippen molar-refractivity contribution in [3.05, 3.63) is 0 Å². The molecule has 0 aromatic carbocycles. The van der Waals surface area contributed by atoms with Crippen LogP contribution in [0.4, 0.5) is 0 Å². The fourth-order valence-corrected chi connectivity index (χ4v) is 2.23. The summed E-state index contributed by atoms with van der Waals surface area (Å²) in [6, 6.07) is 0. The van der Waals surface area contributed by atoms with E-state index in [4.69, 9.17) is 0 Å². The summed E-state index contributed by atoms with van der Waals surface area (Å²) in [6.45, 7) is 9.49. The molecule has 1 aliphatic rings. The van der Waals surface area contributed by atoms with E-state index in [1.54, 1.807) is 0 Å². The van der Waals surface area contributed by atoms with Crippen LogP contribution in [0, 0.1) is 11.8 Å². The molecule has 14 heavy (non-hydrogen) atoms. The minimum atomic E-state index is 0.882. The van der Waals surface area contributed by atoms with Crippen molar-refractivity contribution in [2.75, 3.05) is 26.2 Å². The molecule has 1 rings (SSSR count). The third kappa shape index (κ3) is 4.43. The van der Waals surface area contributed by atoms with E-state index in [9.17, 15) is 0 Å². The second kappa shape index (κ2) is 7.24. The SMILES string of the molecule is CCCNCCC(C)C1CCCNC1. The van der Waals surface area contributed by atoms with Crippen molar-refractivity contribution in [2.24, 2.45) is 11.8 Å². The molecule has 1 fully saturated rings. The van der Waals surface area contributed by atoms with Crippen LogP contribution in [0.1, 0.15) is 39.5 Å². The zero-order valence-electron chi connectivity index (χ0n) is 9.81. The van der Waals surface area contributed by atoms with E-state index in [1.807, 2.05) is 0 Å². The van der Waals surface area contributed by atoms with Crippen molar-refractivity contribution in [1.29, 1.82) is 0 Å². The Morgan fingerprint density at radius 1 is 1.43 bits per heavy atom. The molecule has 2 unspecified atom stereocenters. The van der Waals surface area contributed by atoms with Gasteiger partial charge in [-0.15, -0.1) is 0 Å². The normalized spacial score (nSPS) is 24.9. The van der Waals surface area contributed by atoms with Gasteiger partial charge in [-0.3, -0.25) is 0 Å². The first-order chi connectivity index (χ1) is 6.84. The first-order valence-corrected chi connectivity index (χ1v) is 6.26. The third-order valence-electron chi connectivity index (χ3n) is 3.34. The summed E-state index contributed by atoms with van der Waals surface area (Å²) in [4.78, 5) is 0. The highest BCUT2D eigenvalue weighted by Crippen LogP contribution is 2.21. The molecule has 0 aromatic heterocycles. The van der Waals surface area contributed by atoms with Gasteiger partial charge in [0, 0.05) is 0 Å². The molecule has 84 valence electrons. The van der Waals surface area contributed by atoms with E-state index >= 15 is 0 Å². The van der Waals surface area contributed by atoms with Crippen LogP contribution in [-0.4, -0.2) is 26.2 Å². The maximum atomic E-state index is 3.50. The molecule has 0 aromatic rings. The lowest BCUT2D eigenvalue weighted by Crippen LogP contribution is -2.34. The molecule has 2 atom stereocenters. The van der Waals surface area contributed by atoms with Gasteiger partial charge in [-0.25, -0.2) is 0 Å². The Morgan fingerprint density at radius 2 is 2.29 bits per heavy atom. The first kappa shape index (κ1) is 12.0. The van der Waals surface area contributed by atoms with Crippen molar-refractivity contribution in [3.8, 4) is 0 Å². The van der Waals surface area contributed by atoms with Gasteiger partial charge in [0.05, 0.1) is 0 Å². The molecule has 1 aliphatic heterocycles. The molecule has 0 saturated carbocycles. The van der Waals surface area contributed by atoms with E-state index in [2.05, 4.69) is 24.5 Å².